The predicted molar refractivity (Wildman–Crippen MR) is 136 cm³/mol. The van der Waals surface area contributed by atoms with Crippen LogP contribution in [0.2, 0.25) is 0 Å². The van der Waals surface area contributed by atoms with Crippen LogP contribution in [-0.2, 0) is 13.1 Å². The molecule has 3 aromatic rings. The topological polar surface area (TPSA) is 47.1 Å². The fourth-order valence-corrected chi connectivity index (χ4v) is 5.87. The van der Waals surface area contributed by atoms with E-state index in [9.17, 15) is 9.59 Å². The molecule has 6 heteroatoms. The Hall–Kier alpha value is -3.80. The molecular weight excluding hydrogens is 436 g/mol. The second-order valence-electron chi connectivity index (χ2n) is 9.75. The van der Waals surface area contributed by atoms with Gasteiger partial charge < -0.3 is 14.7 Å². The third-order valence-electron chi connectivity index (χ3n) is 7.55. The summed E-state index contributed by atoms with van der Waals surface area (Å²) in [6.07, 6.45) is 2.97. The van der Waals surface area contributed by atoms with E-state index < -0.39 is 0 Å². The van der Waals surface area contributed by atoms with E-state index >= 15 is 0 Å². The van der Waals surface area contributed by atoms with Gasteiger partial charge in [0.15, 0.2) is 0 Å². The van der Waals surface area contributed by atoms with Crippen molar-refractivity contribution in [3.63, 3.8) is 0 Å². The lowest BCUT2D eigenvalue weighted by atomic mass is 9.91. The molecule has 6 nitrogen and oxygen atoms in total. The smallest absolute Gasteiger partial charge is 0.320 e. The fourth-order valence-electron chi connectivity index (χ4n) is 5.87. The Balaban J connectivity index is 1.23. The summed E-state index contributed by atoms with van der Waals surface area (Å²) in [5.41, 5.74) is 4.17. The molecule has 4 amide bonds. The highest BCUT2D eigenvalue weighted by Gasteiger charge is 2.44. The lowest BCUT2D eigenvalue weighted by Crippen LogP contribution is -2.66. The summed E-state index contributed by atoms with van der Waals surface area (Å²) in [6, 6.07) is 28.1. The van der Waals surface area contributed by atoms with Gasteiger partial charge in [-0.15, -0.1) is 0 Å². The summed E-state index contributed by atoms with van der Waals surface area (Å²) < 4.78 is 0. The van der Waals surface area contributed by atoms with Crippen molar-refractivity contribution in [1.82, 2.24) is 14.7 Å². The molecule has 3 heterocycles. The van der Waals surface area contributed by atoms with Crippen molar-refractivity contribution in [2.24, 2.45) is 0 Å². The lowest BCUT2D eigenvalue weighted by molar-refractivity contribution is 0.0213. The molecular formula is C29H30N4O2. The number of piperazine rings is 1. The number of benzene rings is 3. The summed E-state index contributed by atoms with van der Waals surface area (Å²) in [6.45, 7) is 2.48. The van der Waals surface area contributed by atoms with Crippen LogP contribution in [0.3, 0.4) is 0 Å². The molecule has 0 aromatic heterocycles. The summed E-state index contributed by atoms with van der Waals surface area (Å²) >= 11 is 0. The number of carbonyl (C=O) groups excluding carboxylic acids is 2. The van der Waals surface area contributed by atoms with Gasteiger partial charge in [0.1, 0.15) is 0 Å². The Morgan fingerprint density at radius 2 is 1.14 bits per heavy atom. The van der Waals surface area contributed by atoms with Gasteiger partial charge >= 0.3 is 12.1 Å². The molecule has 178 valence electrons. The number of hydrogen-bond donors (Lipinski definition) is 0. The Labute approximate surface area is 206 Å². The summed E-state index contributed by atoms with van der Waals surface area (Å²) in [5, 5.41) is 0. The summed E-state index contributed by atoms with van der Waals surface area (Å²) in [7, 11) is 0. The second kappa shape index (κ2) is 9.10. The molecule has 3 aliphatic rings. The molecule has 0 radical (unpaired) electrons. The van der Waals surface area contributed by atoms with Crippen molar-refractivity contribution in [2.75, 3.05) is 18.0 Å². The zero-order chi connectivity index (χ0) is 23.8. The monoisotopic (exact) mass is 466 g/mol. The summed E-state index contributed by atoms with van der Waals surface area (Å²) in [4.78, 5) is 35.4. The Morgan fingerprint density at radius 3 is 1.66 bits per heavy atom. The maximum absolute atomic E-state index is 13.9. The van der Waals surface area contributed by atoms with Crippen LogP contribution < -0.4 is 4.90 Å². The van der Waals surface area contributed by atoms with Crippen molar-refractivity contribution in [2.45, 2.75) is 44.4 Å². The van der Waals surface area contributed by atoms with Crippen LogP contribution >= 0.6 is 0 Å². The molecule has 0 unspecified atom stereocenters. The fraction of sp³-hybridized carbons (Fsp3) is 0.310. The minimum absolute atomic E-state index is 0.0278. The summed E-state index contributed by atoms with van der Waals surface area (Å²) in [5.74, 6) is 0. The van der Waals surface area contributed by atoms with E-state index in [0.717, 1.165) is 30.6 Å². The van der Waals surface area contributed by atoms with E-state index in [1.54, 1.807) is 4.90 Å². The number of fused-ring (bicyclic) bond motifs is 3. The highest BCUT2D eigenvalue weighted by atomic mass is 16.2. The first-order valence-corrected chi connectivity index (χ1v) is 12.5. The Bertz CT molecular complexity index is 1140. The van der Waals surface area contributed by atoms with E-state index in [2.05, 4.69) is 17.0 Å². The molecule has 2 saturated heterocycles. The second-order valence-corrected chi connectivity index (χ2v) is 9.75. The number of rotatable bonds is 2. The Morgan fingerprint density at radius 1 is 0.657 bits per heavy atom. The van der Waals surface area contributed by atoms with Crippen LogP contribution in [0.4, 0.5) is 21.0 Å². The number of urea groups is 2. The van der Waals surface area contributed by atoms with E-state index in [-0.39, 0.29) is 24.1 Å². The van der Waals surface area contributed by atoms with Gasteiger partial charge in [-0.1, -0.05) is 60.7 Å². The highest BCUT2D eigenvalue weighted by molar-refractivity contribution is 5.99. The van der Waals surface area contributed by atoms with Crippen molar-refractivity contribution < 1.29 is 9.59 Å². The zero-order valence-corrected chi connectivity index (χ0v) is 19.8. The van der Waals surface area contributed by atoms with Gasteiger partial charge in [-0.2, -0.15) is 0 Å². The van der Waals surface area contributed by atoms with Crippen LogP contribution in [0.15, 0.2) is 84.9 Å². The third kappa shape index (κ3) is 4.03. The molecule has 2 bridgehead atoms. The van der Waals surface area contributed by atoms with E-state index in [4.69, 9.17) is 0 Å². The van der Waals surface area contributed by atoms with Gasteiger partial charge in [-0.05, 0) is 54.7 Å². The van der Waals surface area contributed by atoms with Gasteiger partial charge in [-0.25, -0.2) is 9.59 Å². The molecule has 0 spiro atoms. The predicted octanol–water partition coefficient (Wildman–Crippen LogP) is 5.62. The van der Waals surface area contributed by atoms with Crippen molar-refractivity contribution >= 4 is 23.4 Å². The molecule has 0 N–H and O–H groups in total. The first kappa shape index (κ1) is 21.7. The van der Waals surface area contributed by atoms with E-state index in [0.29, 0.717) is 26.2 Å². The molecule has 6 rings (SSSR count). The van der Waals surface area contributed by atoms with Crippen LogP contribution in [0.5, 0.6) is 0 Å². The van der Waals surface area contributed by atoms with Crippen LogP contribution in [0.1, 0.15) is 30.4 Å². The minimum atomic E-state index is -0.0278. The van der Waals surface area contributed by atoms with Crippen molar-refractivity contribution in [1.29, 1.82) is 0 Å². The normalized spacial score (nSPS) is 21.0. The van der Waals surface area contributed by atoms with Gasteiger partial charge in [0.2, 0.25) is 0 Å². The van der Waals surface area contributed by atoms with Crippen molar-refractivity contribution in [3.05, 3.63) is 96.1 Å². The standard InChI is InChI=1S/C29H30N4O2/c34-28(30-18-22-10-7-8-11-23(22)19-30)33-26-16-9-17-27(33)21-31(20-26)29(35)32(24-12-3-1-4-13-24)25-14-5-2-6-15-25/h1-8,10-15,26-27H,9,16-21H2/t26-,27+. The first-order chi connectivity index (χ1) is 17.2. The minimum Gasteiger partial charge on any atom is -0.320 e. The number of amides is 4. The lowest BCUT2D eigenvalue weighted by Gasteiger charge is -2.51. The van der Waals surface area contributed by atoms with E-state index in [1.807, 2.05) is 82.6 Å². The molecule has 3 aromatic carbocycles. The van der Waals surface area contributed by atoms with Crippen LogP contribution in [-0.4, -0.2) is 51.9 Å². The average Bonchev–Trinajstić information content (AvgIpc) is 3.33. The number of hydrogen-bond acceptors (Lipinski definition) is 2. The van der Waals surface area contributed by atoms with E-state index in [1.165, 1.54) is 11.1 Å². The molecule has 0 saturated carbocycles. The number of anilines is 2. The molecule has 2 atom stereocenters. The van der Waals surface area contributed by atoms with Crippen LogP contribution in [0, 0.1) is 0 Å². The maximum atomic E-state index is 13.9. The van der Waals surface area contributed by atoms with Gasteiger partial charge in [0.25, 0.3) is 0 Å². The van der Waals surface area contributed by atoms with Crippen LogP contribution in [0.25, 0.3) is 0 Å². The number of carbonyl (C=O) groups is 2. The molecule has 3 aliphatic heterocycles. The number of para-hydroxylation sites is 2. The van der Waals surface area contributed by atoms with Gasteiger partial charge in [0.05, 0.1) is 23.5 Å². The quantitative estimate of drug-likeness (QED) is 0.492. The first-order valence-electron chi connectivity index (χ1n) is 12.5. The number of likely N-dealkylation sites (tertiary alicyclic amines) is 1. The highest BCUT2D eigenvalue weighted by Crippen LogP contribution is 2.34. The average molecular weight is 467 g/mol. The number of piperidine rings is 1. The number of nitrogens with zero attached hydrogens (tertiary/aromatic N) is 4. The molecule has 0 aliphatic carbocycles. The molecule has 35 heavy (non-hydrogen) atoms. The third-order valence-corrected chi connectivity index (χ3v) is 7.55. The molecule has 2 fully saturated rings. The maximum Gasteiger partial charge on any atom is 0.329 e. The Kier molecular flexibility index (Phi) is 5.64. The van der Waals surface area contributed by atoms with Gasteiger partial charge in [-0.3, -0.25) is 4.90 Å². The SMILES string of the molecule is O=C(N1C[C@H]2CCC[C@@H](C1)N2C(=O)N1Cc2ccccc2C1)N(c1ccccc1)c1ccccc1. The van der Waals surface area contributed by atoms with Gasteiger partial charge in [0, 0.05) is 26.2 Å². The van der Waals surface area contributed by atoms with Crippen molar-refractivity contribution in [3.8, 4) is 0 Å². The zero-order valence-electron chi connectivity index (χ0n) is 19.8. The largest absolute Gasteiger partial charge is 0.329 e.